The fraction of sp³-hybridized carbons (Fsp3) is 0.917. The zero-order valence-corrected chi connectivity index (χ0v) is 11.1. The third-order valence-corrected chi connectivity index (χ3v) is 3.47. The lowest BCUT2D eigenvalue weighted by Gasteiger charge is -2.32. The van der Waals surface area contributed by atoms with Crippen molar-refractivity contribution >= 4 is 17.3 Å². The quantitative estimate of drug-likeness (QED) is 0.748. The molecule has 1 saturated heterocycles. The van der Waals surface area contributed by atoms with Crippen LogP contribution in [-0.2, 0) is 0 Å². The third kappa shape index (κ3) is 4.83. The Morgan fingerprint density at radius 1 is 1.40 bits per heavy atom. The molecule has 15 heavy (non-hydrogen) atoms. The number of likely N-dealkylation sites (tertiary alicyclic amines) is 1. The summed E-state index contributed by atoms with van der Waals surface area (Å²) < 4.78 is 0. The van der Waals surface area contributed by atoms with Gasteiger partial charge in [-0.05, 0) is 43.3 Å². The van der Waals surface area contributed by atoms with E-state index in [-0.39, 0.29) is 0 Å². The summed E-state index contributed by atoms with van der Waals surface area (Å²) in [5.41, 5.74) is 0. The van der Waals surface area contributed by atoms with Crippen molar-refractivity contribution in [3.8, 4) is 0 Å². The van der Waals surface area contributed by atoms with Gasteiger partial charge in [-0.2, -0.15) is 0 Å². The average Bonchev–Trinajstić information content (AvgIpc) is 2.18. The second-order valence-electron chi connectivity index (χ2n) is 5.08. The first kappa shape index (κ1) is 12.8. The Balaban J connectivity index is 2.17. The van der Waals surface area contributed by atoms with E-state index in [2.05, 4.69) is 31.0 Å². The van der Waals surface area contributed by atoms with E-state index in [4.69, 9.17) is 12.2 Å². The summed E-state index contributed by atoms with van der Waals surface area (Å²) >= 11 is 5.38. The van der Waals surface area contributed by atoms with Crippen molar-refractivity contribution < 1.29 is 0 Å². The van der Waals surface area contributed by atoms with E-state index in [1.807, 2.05) is 0 Å². The summed E-state index contributed by atoms with van der Waals surface area (Å²) in [6.45, 7) is 10.1. The molecule has 0 unspecified atom stereocenters. The van der Waals surface area contributed by atoms with Crippen LogP contribution in [0, 0.1) is 11.8 Å². The Hall–Kier alpha value is -0.310. The maximum atomic E-state index is 5.38. The van der Waals surface area contributed by atoms with Crippen LogP contribution in [0.5, 0.6) is 0 Å². The number of thiocarbonyl (C=S) groups is 1. The van der Waals surface area contributed by atoms with Gasteiger partial charge in [-0.25, -0.2) is 0 Å². The summed E-state index contributed by atoms with van der Waals surface area (Å²) in [4.78, 5) is 2.32. The van der Waals surface area contributed by atoms with Gasteiger partial charge < -0.3 is 10.2 Å². The topological polar surface area (TPSA) is 15.3 Å². The fourth-order valence-corrected chi connectivity index (χ4v) is 2.08. The second-order valence-corrected chi connectivity index (χ2v) is 5.47. The molecule has 0 aliphatic carbocycles. The van der Waals surface area contributed by atoms with Crippen molar-refractivity contribution in [2.45, 2.75) is 40.0 Å². The largest absolute Gasteiger partial charge is 0.363 e. The van der Waals surface area contributed by atoms with Crippen LogP contribution in [0.3, 0.4) is 0 Å². The smallest absolute Gasteiger partial charge is 0.168 e. The van der Waals surface area contributed by atoms with Gasteiger partial charge in [0.25, 0.3) is 0 Å². The standard InChI is InChI=1S/C12H24N2S/c1-10(2)4-7-13-12(15)14-8-5-11(3)6-9-14/h10-11H,4-9H2,1-3H3,(H,13,15). The van der Waals surface area contributed by atoms with Gasteiger partial charge in [0.15, 0.2) is 5.11 Å². The van der Waals surface area contributed by atoms with Crippen LogP contribution in [0.4, 0.5) is 0 Å². The molecule has 0 aromatic carbocycles. The van der Waals surface area contributed by atoms with Crippen LogP contribution in [0.15, 0.2) is 0 Å². The van der Waals surface area contributed by atoms with Crippen LogP contribution in [0.2, 0.25) is 0 Å². The van der Waals surface area contributed by atoms with Gasteiger partial charge in [0, 0.05) is 19.6 Å². The Morgan fingerprint density at radius 2 is 2.00 bits per heavy atom. The molecule has 0 radical (unpaired) electrons. The molecule has 0 amide bonds. The summed E-state index contributed by atoms with van der Waals surface area (Å²) in [6.07, 6.45) is 3.77. The fourth-order valence-electron chi connectivity index (χ4n) is 1.79. The number of rotatable bonds is 3. The number of nitrogens with one attached hydrogen (secondary N) is 1. The van der Waals surface area contributed by atoms with Gasteiger partial charge in [0.05, 0.1) is 0 Å². The van der Waals surface area contributed by atoms with E-state index in [9.17, 15) is 0 Å². The lowest BCUT2D eigenvalue weighted by molar-refractivity contribution is 0.277. The number of piperidine rings is 1. The van der Waals surface area contributed by atoms with E-state index in [1.54, 1.807) is 0 Å². The monoisotopic (exact) mass is 228 g/mol. The molecule has 0 atom stereocenters. The summed E-state index contributed by atoms with van der Waals surface area (Å²) in [7, 11) is 0. The predicted molar refractivity (Wildman–Crippen MR) is 70.0 cm³/mol. The molecule has 3 heteroatoms. The maximum Gasteiger partial charge on any atom is 0.168 e. The lowest BCUT2D eigenvalue weighted by Crippen LogP contribution is -2.44. The molecular formula is C12H24N2S. The highest BCUT2D eigenvalue weighted by atomic mass is 32.1. The van der Waals surface area contributed by atoms with Crippen LogP contribution < -0.4 is 5.32 Å². The van der Waals surface area contributed by atoms with Gasteiger partial charge in [-0.15, -0.1) is 0 Å². The van der Waals surface area contributed by atoms with Crippen LogP contribution >= 0.6 is 12.2 Å². The molecule has 0 saturated carbocycles. The highest BCUT2D eigenvalue weighted by Gasteiger charge is 2.17. The highest BCUT2D eigenvalue weighted by molar-refractivity contribution is 7.80. The molecule has 2 nitrogen and oxygen atoms in total. The Bertz CT molecular complexity index is 196. The van der Waals surface area contributed by atoms with Crippen molar-refractivity contribution in [2.24, 2.45) is 11.8 Å². The Kier molecular flexibility index (Phi) is 5.37. The van der Waals surface area contributed by atoms with Gasteiger partial charge >= 0.3 is 0 Å². The van der Waals surface area contributed by atoms with E-state index < -0.39 is 0 Å². The molecule has 0 aromatic rings. The highest BCUT2D eigenvalue weighted by Crippen LogP contribution is 2.15. The minimum absolute atomic E-state index is 0.752. The molecule has 0 aromatic heterocycles. The summed E-state index contributed by atoms with van der Waals surface area (Å²) in [6, 6.07) is 0. The Morgan fingerprint density at radius 3 is 2.53 bits per heavy atom. The molecule has 1 rings (SSSR count). The zero-order chi connectivity index (χ0) is 11.3. The molecule has 1 aliphatic rings. The van der Waals surface area contributed by atoms with Gasteiger partial charge in [0.1, 0.15) is 0 Å². The summed E-state index contributed by atoms with van der Waals surface area (Å²) in [5.74, 6) is 1.63. The number of nitrogens with zero attached hydrogens (tertiary/aromatic N) is 1. The number of hydrogen-bond donors (Lipinski definition) is 1. The van der Waals surface area contributed by atoms with E-state index in [0.29, 0.717) is 0 Å². The SMILES string of the molecule is CC(C)CCNC(=S)N1CCC(C)CC1. The first-order chi connectivity index (χ1) is 7.09. The van der Waals surface area contributed by atoms with Gasteiger partial charge in [0.2, 0.25) is 0 Å². The second kappa shape index (κ2) is 6.31. The first-order valence-electron chi connectivity index (χ1n) is 6.12. The molecule has 0 spiro atoms. The zero-order valence-electron chi connectivity index (χ0n) is 10.3. The van der Waals surface area contributed by atoms with E-state index in [0.717, 1.165) is 36.6 Å². The van der Waals surface area contributed by atoms with Crippen LogP contribution in [-0.4, -0.2) is 29.6 Å². The molecular weight excluding hydrogens is 204 g/mol. The van der Waals surface area contributed by atoms with Crippen LogP contribution in [0.1, 0.15) is 40.0 Å². The van der Waals surface area contributed by atoms with Crippen molar-refractivity contribution in [2.75, 3.05) is 19.6 Å². The lowest BCUT2D eigenvalue weighted by atomic mass is 10.00. The Labute approximate surface area is 99.4 Å². The predicted octanol–water partition coefficient (Wildman–Crippen LogP) is 2.64. The minimum Gasteiger partial charge on any atom is -0.363 e. The molecule has 1 heterocycles. The van der Waals surface area contributed by atoms with Crippen molar-refractivity contribution in [3.63, 3.8) is 0 Å². The number of hydrogen-bond acceptors (Lipinski definition) is 1. The normalized spacial score (nSPS) is 18.3. The van der Waals surface area contributed by atoms with Crippen LogP contribution in [0.25, 0.3) is 0 Å². The first-order valence-corrected chi connectivity index (χ1v) is 6.53. The van der Waals surface area contributed by atoms with E-state index >= 15 is 0 Å². The van der Waals surface area contributed by atoms with Gasteiger partial charge in [-0.1, -0.05) is 20.8 Å². The van der Waals surface area contributed by atoms with E-state index in [1.165, 1.54) is 19.3 Å². The van der Waals surface area contributed by atoms with Crippen molar-refractivity contribution in [1.82, 2.24) is 10.2 Å². The minimum atomic E-state index is 0.752. The summed E-state index contributed by atoms with van der Waals surface area (Å²) in [5, 5.41) is 4.32. The van der Waals surface area contributed by atoms with Crippen molar-refractivity contribution in [1.29, 1.82) is 0 Å². The van der Waals surface area contributed by atoms with Gasteiger partial charge in [-0.3, -0.25) is 0 Å². The molecule has 1 fully saturated rings. The molecule has 88 valence electrons. The third-order valence-electron chi connectivity index (χ3n) is 3.07. The molecule has 1 aliphatic heterocycles. The molecule has 1 N–H and O–H groups in total. The molecule has 0 bridgehead atoms. The van der Waals surface area contributed by atoms with Crippen molar-refractivity contribution in [3.05, 3.63) is 0 Å². The average molecular weight is 228 g/mol. The maximum absolute atomic E-state index is 5.38.